The number of carbonyl (C=O) groups excluding carboxylic acids is 1. The number of amides is 1. The van der Waals surface area contributed by atoms with Crippen molar-refractivity contribution in [2.45, 2.75) is 26.1 Å². The Labute approximate surface area is 174 Å². The molecule has 3 rings (SSSR count). The van der Waals surface area contributed by atoms with E-state index in [-0.39, 0.29) is 11.7 Å². The zero-order chi connectivity index (χ0) is 22.6. The first-order chi connectivity index (χ1) is 14.7. The maximum atomic E-state index is 12.3. The molecule has 160 valence electrons. The molecule has 0 bridgehead atoms. The summed E-state index contributed by atoms with van der Waals surface area (Å²) in [6, 6.07) is 12.5. The van der Waals surface area contributed by atoms with Gasteiger partial charge in [-0.15, -0.1) is 18.3 Å². The van der Waals surface area contributed by atoms with Gasteiger partial charge in [-0.05, 0) is 46.4 Å². The monoisotopic (exact) mass is 430 g/mol. The van der Waals surface area contributed by atoms with Crippen LogP contribution in [-0.2, 0) is 4.79 Å². The van der Waals surface area contributed by atoms with Crippen molar-refractivity contribution in [1.29, 1.82) is 0 Å². The van der Waals surface area contributed by atoms with Crippen LogP contribution >= 0.6 is 0 Å². The highest BCUT2D eigenvalue weighted by atomic mass is 19.4. The number of rotatable bonds is 6. The lowest BCUT2D eigenvalue weighted by atomic mass is 9.88. The van der Waals surface area contributed by atoms with Gasteiger partial charge in [0.25, 0.3) is 0 Å². The van der Waals surface area contributed by atoms with Crippen molar-refractivity contribution in [3.63, 3.8) is 0 Å². The van der Waals surface area contributed by atoms with Crippen LogP contribution in [-0.4, -0.2) is 27.0 Å². The number of aromatic nitrogens is 3. The van der Waals surface area contributed by atoms with Crippen LogP contribution < -0.4 is 4.74 Å². The Morgan fingerprint density at radius 3 is 2.35 bits per heavy atom. The molecule has 1 amide bonds. The maximum Gasteiger partial charge on any atom is 0.573 e. The molecule has 0 N–H and O–H groups in total. The number of hydrogen-bond acceptors (Lipinski definition) is 4. The summed E-state index contributed by atoms with van der Waals surface area (Å²) in [7, 11) is 0. The summed E-state index contributed by atoms with van der Waals surface area (Å²) in [5.41, 5.74) is 10.5. The van der Waals surface area contributed by atoms with E-state index >= 15 is 0 Å². The standard InChI is InChI=1S/C20H17F3N6O2/c1-12(13(2)19(30)26-28-24)14-3-5-15(6-4-14)18-25-11-29(27-18)16-7-9-17(10-8-16)31-20(21,22)23/h3-13H,1-2H3. The van der Waals surface area contributed by atoms with Crippen molar-refractivity contribution >= 4 is 5.91 Å². The largest absolute Gasteiger partial charge is 0.573 e. The highest BCUT2D eigenvalue weighted by Crippen LogP contribution is 2.28. The predicted molar refractivity (Wildman–Crippen MR) is 105 cm³/mol. The number of hydrogen-bond donors (Lipinski definition) is 0. The normalized spacial score (nSPS) is 13.2. The lowest BCUT2D eigenvalue weighted by Crippen LogP contribution is -2.17. The SMILES string of the molecule is CC(C(=O)N=[N+]=[N-])C(C)c1ccc(-c2ncn(-c3ccc(OC(F)(F)F)cc3)n2)cc1. The molecule has 0 saturated heterocycles. The van der Waals surface area contributed by atoms with E-state index in [1.807, 2.05) is 19.1 Å². The molecule has 2 aromatic carbocycles. The Morgan fingerprint density at radius 1 is 1.13 bits per heavy atom. The third-order valence-electron chi connectivity index (χ3n) is 4.80. The molecule has 0 aliphatic carbocycles. The summed E-state index contributed by atoms with van der Waals surface area (Å²) in [6.07, 6.45) is -3.30. The summed E-state index contributed by atoms with van der Waals surface area (Å²) in [4.78, 5) is 18.5. The van der Waals surface area contributed by atoms with E-state index in [4.69, 9.17) is 5.53 Å². The third-order valence-corrected chi connectivity index (χ3v) is 4.80. The number of carbonyl (C=O) groups is 1. The van der Waals surface area contributed by atoms with Gasteiger partial charge in [-0.3, -0.25) is 4.79 Å². The van der Waals surface area contributed by atoms with E-state index in [1.165, 1.54) is 35.3 Å². The molecule has 8 nitrogen and oxygen atoms in total. The van der Waals surface area contributed by atoms with Crippen LogP contribution in [0.1, 0.15) is 25.3 Å². The molecule has 0 aliphatic rings. The van der Waals surface area contributed by atoms with Gasteiger partial charge in [-0.25, -0.2) is 9.67 Å². The first-order valence-electron chi connectivity index (χ1n) is 9.15. The topological polar surface area (TPSA) is 106 Å². The number of nitrogens with zero attached hydrogens (tertiary/aromatic N) is 6. The average molecular weight is 430 g/mol. The zero-order valence-corrected chi connectivity index (χ0v) is 16.5. The van der Waals surface area contributed by atoms with Gasteiger partial charge in [0.1, 0.15) is 12.1 Å². The fourth-order valence-corrected chi connectivity index (χ4v) is 2.89. The average Bonchev–Trinajstić information content (AvgIpc) is 3.22. The van der Waals surface area contributed by atoms with Crippen molar-refractivity contribution in [3.8, 4) is 22.8 Å². The number of halogens is 3. The fraction of sp³-hybridized carbons (Fsp3) is 0.250. The van der Waals surface area contributed by atoms with Crippen molar-refractivity contribution in [2.75, 3.05) is 0 Å². The Bertz CT molecular complexity index is 1100. The van der Waals surface area contributed by atoms with E-state index < -0.39 is 18.2 Å². The molecular formula is C20H17F3N6O2. The summed E-state index contributed by atoms with van der Waals surface area (Å²) in [5, 5.41) is 7.50. The fourth-order valence-electron chi connectivity index (χ4n) is 2.89. The molecule has 3 aromatic rings. The molecule has 1 heterocycles. The quantitative estimate of drug-likeness (QED) is 0.296. The number of alkyl halides is 3. The maximum absolute atomic E-state index is 12.3. The molecule has 1 aromatic heterocycles. The second kappa shape index (κ2) is 8.88. The lowest BCUT2D eigenvalue weighted by Gasteiger charge is -2.17. The van der Waals surface area contributed by atoms with Gasteiger partial charge in [-0.1, -0.05) is 38.1 Å². The van der Waals surface area contributed by atoms with Crippen LogP contribution in [0.25, 0.3) is 27.5 Å². The Balaban J connectivity index is 1.74. The van der Waals surface area contributed by atoms with E-state index in [0.717, 1.165) is 11.1 Å². The van der Waals surface area contributed by atoms with Gasteiger partial charge in [0.05, 0.1) is 5.69 Å². The highest BCUT2D eigenvalue weighted by molar-refractivity contribution is 5.80. The lowest BCUT2D eigenvalue weighted by molar-refractivity contribution is -0.274. The van der Waals surface area contributed by atoms with Crippen LogP contribution in [0.2, 0.25) is 0 Å². The molecule has 2 unspecified atom stereocenters. The Hall–Kier alpha value is -3.85. The summed E-state index contributed by atoms with van der Waals surface area (Å²) in [5.74, 6) is -1.05. The Kier molecular flexibility index (Phi) is 6.26. The summed E-state index contributed by atoms with van der Waals surface area (Å²) >= 11 is 0. The van der Waals surface area contributed by atoms with Crippen molar-refractivity contribution < 1.29 is 22.7 Å². The van der Waals surface area contributed by atoms with E-state index in [0.29, 0.717) is 11.5 Å². The molecule has 2 atom stereocenters. The highest BCUT2D eigenvalue weighted by Gasteiger charge is 2.31. The zero-order valence-electron chi connectivity index (χ0n) is 16.5. The van der Waals surface area contributed by atoms with Crippen molar-refractivity contribution in [3.05, 3.63) is 70.9 Å². The van der Waals surface area contributed by atoms with E-state index in [9.17, 15) is 18.0 Å². The van der Waals surface area contributed by atoms with Crippen LogP contribution in [0.5, 0.6) is 5.75 Å². The van der Waals surface area contributed by atoms with E-state index in [1.54, 1.807) is 19.1 Å². The minimum absolute atomic E-state index is 0.157. The molecular weight excluding hydrogens is 413 g/mol. The van der Waals surface area contributed by atoms with Crippen molar-refractivity contribution in [1.82, 2.24) is 14.8 Å². The molecule has 0 saturated carbocycles. The van der Waals surface area contributed by atoms with Gasteiger partial charge in [-0.2, -0.15) is 0 Å². The van der Waals surface area contributed by atoms with Crippen LogP contribution in [0.4, 0.5) is 13.2 Å². The molecule has 0 spiro atoms. The van der Waals surface area contributed by atoms with Gasteiger partial charge in [0.2, 0.25) is 5.91 Å². The van der Waals surface area contributed by atoms with Crippen LogP contribution in [0, 0.1) is 5.92 Å². The van der Waals surface area contributed by atoms with Gasteiger partial charge < -0.3 is 4.74 Å². The molecule has 0 fully saturated rings. The second-order valence-electron chi connectivity index (χ2n) is 6.78. The first-order valence-corrected chi connectivity index (χ1v) is 9.15. The Morgan fingerprint density at radius 2 is 1.77 bits per heavy atom. The van der Waals surface area contributed by atoms with Gasteiger partial charge in [0, 0.05) is 16.4 Å². The second-order valence-corrected chi connectivity index (χ2v) is 6.78. The van der Waals surface area contributed by atoms with Crippen LogP contribution in [0.3, 0.4) is 0 Å². The minimum Gasteiger partial charge on any atom is -0.406 e. The van der Waals surface area contributed by atoms with Crippen LogP contribution in [0.15, 0.2) is 60.0 Å². The molecule has 0 radical (unpaired) electrons. The predicted octanol–water partition coefficient (Wildman–Crippen LogP) is 5.41. The van der Waals surface area contributed by atoms with Gasteiger partial charge in [0.15, 0.2) is 5.82 Å². The smallest absolute Gasteiger partial charge is 0.406 e. The third kappa shape index (κ3) is 5.40. The molecule has 11 heteroatoms. The summed E-state index contributed by atoms with van der Waals surface area (Å²) < 4.78 is 42.1. The van der Waals surface area contributed by atoms with Gasteiger partial charge >= 0.3 is 6.36 Å². The number of azide groups is 1. The number of ether oxygens (including phenoxy) is 1. The van der Waals surface area contributed by atoms with E-state index in [2.05, 4.69) is 24.8 Å². The molecule has 0 aliphatic heterocycles. The summed E-state index contributed by atoms with van der Waals surface area (Å²) in [6.45, 7) is 3.56. The minimum atomic E-state index is -4.75. The number of benzene rings is 2. The first kappa shape index (κ1) is 21.8. The van der Waals surface area contributed by atoms with Crippen molar-refractivity contribution in [2.24, 2.45) is 11.0 Å². The molecule has 31 heavy (non-hydrogen) atoms.